The van der Waals surface area contributed by atoms with Gasteiger partial charge in [-0.25, -0.2) is 8.42 Å². The summed E-state index contributed by atoms with van der Waals surface area (Å²) in [7, 11) is -3.41. The minimum Gasteiger partial charge on any atom is -0.491 e. The van der Waals surface area contributed by atoms with Gasteiger partial charge in [-0.05, 0) is 50.1 Å². The largest absolute Gasteiger partial charge is 0.491 e. The molecule has 0 unspecified atom stereocenters. The fourth-order valence-electron chi connectivity index (χ4n) is 2.47. The number of aryl methyl sites for hydroxylation is 1. The lowest BCUT2D eigenvalue weighted by Crippen LogP contribution is -2.37. The van der Waals surface area contributed by atoms with E-state index in [1.165, 1.54) is 0 Å². The summed E-state index contributed by atoms with van der Waals surface area (Å²) < 4.78 is 31.0. The van der Waals surface area contributed by atoms with Gasteiger partial charge in [0.2, 0.25) is 10.0 Å². The average molecular weight is 376 g/mol. The first-order valence-electron chi connectivity index (χ1n) is 8.24. The number of amides is 1. The van der Waals surface area contributed by atoms with Crippen LogP contribution in [-0.2, 0) is 10.0 Å². The molecule has 0 aliphatic rings. The van der Waals surface area contributed by atoms with Gasteiger partial charge in [0, 0.05) is 5.56 Å². The molecule has 140 valence electrons. The molecule has 0 spiro atoms. The average Bonchev–Trinajstić information content (AvgIpc) is 2.54. The highest BCUT2D eigenvalue weighted by atomic mass is 32.2. The Morgan fingerprint density at radius 3 is 2.46 bits per heavy atom. The van der Waals surface area contributed by atoms with Gasteiger partial charge >= 0.3 is 0 Å². The summed E-state index contributed by atoms with van der Waals surface area (Å²) in [5.74, 6) is 0.504. The van der Waals surface area contributed by atoms with E-state index >= 15 is 0 Å². The molecule has 0 radical (unpaired) electrons. The lowest BCUT2D eigenvalue weighted by Gasteiger charge is -2.17. The third-order valence-electron chi connectivity index (χ3n) is 3.83. The number of anilines is 1. The van der Waals surface area contributed by atoms with Crippen LogP contribution in [0.15, 0.2) is 42.5 Å². The molecule has 1 atom stereocenters. The molecule has 2 aromatic carbocycles. The number of para-hydroxylation sites is 1. The van der Waals surface area contributed by atoms with Crippen LogP contribution in [0.1, 0.15) is 28.4 Å². The molecule has 26 heavy (non-hydrogen) atoms. The Kier molecular flexibility index (Phi) is 6.26. The first kappa shape index (κ1) is 19.8. The van der Waals surface area contributed by atoms with E-state index in [1.54, 1.807) is 25.1 Å². The van der Waals surface area contributed by atoms with E-state index in [0.717, 1.165) is 17.6 Å². The highest BCUT2D eigenvalue weighted by Gasteiger charge is 2.16. The number of nitrogens with one attached hydrogen (secondary N) is 2. The van der Waals surface area contributed by atoms with Gasteiger partial charge in [0.25, 0.3) is 5.91 Å². The fourth-order valence-corrected chi connectivity index (χ4v) is 3.09. The van der Waals surface area contributed by atoms with Gasteiger partial charge in [-0.1, -0.05) is 24.3 Å². The van der Waals surface area contributed by atoms with Gasteiger partial charge in [-0.15, -0.1) is 0 Å². The molecule has 0 aliphatic heterocycles. The van der Waals surface area contributed by atoms with Crippen LogP contribution in [0.25, 0.3) is 0 Å². The molecule has 0 aliphatic carbocycles. The van der Waals surface area contributed by atoms with Gasteiger partial charge in [-0.3, -0.25) is 9.52 Å². The smallest absolute Gasteiger partial charge is 0.251 e. The van der Waals surface area contributed by atoms with Crippen LogP contribution in [0.4, 0.5) is 5.69 Å². The van der Waals surface area contributed by atoms with Crippen LogP contribution in [0.5, 0.6) is 5.75 Å². The second-order valence-corrected chi connectivity index (χ2v) is 8.05. The van der Waals surface area contributed by atoms with Crippen LogP contribution in [0, 0.1) is 13.8 Å². The number of carbonyl (C=O) groups excluding carboxylic acids is 1. The molecule has 6 nitrogen and oxygen atoms in total. The van der Waals surface area contributed by atoms with Crippen molar-refractivity contribution in [2.45, 2.75) is 26.8 Å². The number of hydrogen-bond acceptors (Lipinski definition) is 4. The zero-order chi connectivity index (χ0) is 19.3. The van der Waals surface area contributed by atoms with E-state index in [-0.39, 0.29) is 11.9 Å². The highest BCUT2D eigenvalue weighted by Crippen LogP contribution is 2.20. The van der Waals surface area contributed by atoms with Crippen molar-refractivity contribution in [1.82, 2.24) is 5.32 Å². The van der Waals surface area contributed by atoms with Crippen LogP contribution in [0.2, 0.25) is 0 Å². The topological polar surface area (TPSA) is 84.5 Å². The maximum atomic E-state index is 12.5. The van der Waals surface area contributed by atoms with Crippen molar-refractivity contribution in [2.75, 3.05) is 17.6 Å². The van der Waals surface area contributed by atoms with Crippen LogP contribution in [-0.4, -0.2) is 33.2 Å². The summed E-state index contributed by atoms with van der Waals surface area (Å²) in [6.07, 6.45) is 1.07. The van der Waals surface area contributed by atoms with E-state index < -0.39 is 10.0 Å². The fraction of sp³-hybridized carbons (Fsp3) is 0.316. The molecule has 2 aromatic rings. The van der Waals surface area contributed by atoms with E-state index in [2.05, 4.69) is 10.0 Å². The van der Waals surface area contributed by atoms with Gasteiger partial charge < -0.3 is 10.1 Å². The van der Waals surface area contributed by atoms with Gasteiger partial charge in [-0.2, -0.15) is 0 Å². The molecule has 1 amide bonds. The van der Waals surface area contributed by atoms with Gasteiger partial charge in [0.15, 0.2) is 0 Å². The predicted molar refractivity (Wildman–Crippen MR) is 103 cm³/mol. The van der Waals surface area contributed by atoms with Crippen molar-refractivity contribution in [2.24, 2.45) is 0 Å². The first-order chi connectivity index (χ1) is 12.2. The molecule has 2 N–H and O–H groups in total. The second-order valence-electron chi connectivity index (χ2n) is 6.30. The van der Waals surface area contributed by atoms with E-state index in [0.29, 0.717) is 23.4 Å². The molecule has 0 bridgehead atoms. The van der Waals surface area contributed by atoms with Crippen molar-refractivity contribution in [1.29, 1.82) is 0 Å². The summed E-state index contributed by atoms with van der Waals surface area (Å²) in [6, 6.07) is 12.4. The summed E-state index contributed by atoms with van der Waals surface area (Å²) in [5.41, 5.74) is 2.41. The van der Waals surface area contributed by atoms with Crippen molar-refractivity contribution in [3.8, 4) is 5.75 Å². The third-order valence-corrected chi connectivity index (χ3v) is 4.42. The Balaban J connectivity index is 2.03. The Bertz CT molecular complexity index is 894. The number of carbonyl (C=O) groups is 1. The van der Waals surface area contributed by atoms with Crippen LogP contribution >= 0.6 is 0 Å². The molecule has 0 saturated heterocycles. The predicted octanol–water partition coefficient (Wildman–Crippen LogP) is 2.87. The molecule has 2 rings (SSSR count). The van der Waals surface area contributed by atoms with E-state index in [1.807, 2.05) is 38.1 Å². The lowest BCUT2D eigenvalue weighted by molar-refractivity contribution is 0.0926. The van der Waals surface area contributed by atoms with Crippen LogP contribution < -0.4 is 14.8 Å². The molecule has 0 heterocycles. The molecular weight excluding hydrogens is 352 g/mol. The Morgan fingerprint density at radius 1 is 1.12 bits per heavy atom. The zero-order valence-corrected chi connectivity index (χ0v) is 16.2. The SMILES string of the molecule is Cc1ccccc1OC[C@@H](C)NC(=O)c1cccc(NS(C)(=O)=O)c1C. The van der Waals surface area contributed by atoms with E-state index in [9.17, 15) is 13.2 Å². The van der Waals surface area contributed by atoms with Crippen molar-refractivity contribution in [3.63, 3.8) is 0 Å². The zero-order valence-electron chi connectivity index (χ0n) is 15.4. The monoisotopic (exact) mass is 376 g/mol. The van der Waals surface area contributed by atoms with Crippen molar-refractivity contribution < 1.29 is 17.9 Å². The standard InChI is InChI=1S/C19H24N2O4S/c1-13-8-5-6-11-18(13)25-12-14(2)20-19(22)16-9-7-10-17(15(16)3)21-26(4,23)24/h5-11,14,21H,12H2,1-4H3,(H,20,22)/t14-/m1/s1. The number of hydrogen-bond donors (Lipinski definition) is 2. The highest BCUT2D eigenvalue weighted by molar-refractivity contribution is 7.92. The normalized spacial score (nSPS) is 12.3. The van der Waals surface area contributed by atoms with Gasteiger partial charge in [0.05, 0.1) is 18.0 Å². The van der Waals surface area contributed by atoms with Crippen molar-refractivity contribution >= 4 is 21.6 Å². The third kappa shape index (κ3) is 5.49. The summed E-state index contributed by atoms with van der Waals surface area (Å²) >= 11 is 0. The molecule has 0 aromatic heterocycles. The number of benzene rings is 2. The quantitative estimate of drug-likeness (QED) is 0.778. The second kappa shape index (κ2) is 8.23. The van der Waals surface area contributed by atoms with Crippen LogP contribution in [0.3, 0.4) is 0 Å². The number of ether oxygens (including phenoxy) is 1. The maximum Gasteiger partial charge on any atom is 0.251 e. The Labute approximate surface area is 154 Å². The molecule has 7 heteroatoms. The maximum absolute atomic E-state index is 12.5. The van der Waals surface area contributed by atoms with E-state index in [4.69, 9.17) is 4.74 Å². The number of sulfonamides is 1. The molecule has 0 saturated carbocycles. The number of rotatable bonds is 7. The summed E-state index contributed by atoms with van der Waals surface area (Å²) in [4.78, 5) is 12.5. The Hall–Kier alpha value is -2.54. The summed E-state index contributed by atoms with van der Waals surface area (Å²) in [5, 5.41) is 2.88. The molecular formula is C19H24N2O4S. The first-order valence-corrected chi connectivity index (χ1v) is 10.1. The van der Waals surface area contributed by atoms with Crippen molar-refractivity contribution in [3.05, 3.63) is 59.2 Å². The minimum absolute atomic E-state index is 0.215. The summed E-state index contributed by atoms with van der Waals surface area (Å²) in [6.45, 7) is 5.85. The Morgan fingerprint density at radius 2 is 1.81 bits per heavy atom. The molecule has 0 fully saturated rings. The lowest BCUT2D eigenvalue weighted by atomic mass is 10.1. The van der Waals surface area contributed by atoms with Gasteiger partial charge in [0.1, 0.15) is 12.4 Å². The minimum atomic E-state index is -3.41.